The summed E-state index contributed by atoms with van der Waals surface area (Å²) < 4.78 is 13.4. The number of halogens is 1. The van der Waals surface area contributed by atoms with Crippen molar-refractivity contribution in [2.75, 3.05) is 0 Å². The zero-order valence-electron chi connectivity index (χ0n) is 12.2. The van der Waals surface area contributed by atoms with E-state index in [-0.39, 0.29) is 18.3 Å². The lowest BCUT2D eigenvalue weighted by Gasteiger charge is -2.32. The normalized spacial score (nSPS) is 20.9. The fourth-order valence-electron chi connectivity index (χ4n) is 2.19. The molecule has 1 aliphatic rings. The van der Waals surface area contributed by atoms with Gasteiger partial charge in [-0.3, -0.25) is 0 Å². The Kier molecular flexibility index (Phi) is 4.04. The molecule has 19 heavy (non-hydrogen) atoms. The fourth-order valence-corrected chi connectivity index (χ4v) is 2.90. The van der Waals surface area contributed by atoms with Gasteiger partial charge in [0.2, 0.25) is 0 Å². The van der Waals surface area contributed by atoms with Crippen LogP contribution in [-0.4, -0.2) is 18.3 Å². The van der Waals surface area contributed by atoms with Crippen molar-refractivity contribution in [1.29, 1.82) is 0 Å². The molecule has 1 heterocycles. The van der Waals surface area contributed by atoms with Gasteiger partial charge in [0.05, 0.1) is 11.2 Å². The summed E-state index contributed by atoms with van der Waals surface area (Å²) >= 11 is 2.31. The van der Waals surface area contributed by atoms with E-state index in [2.05, 4.69) is 69.3 Å². The van der Waals surface area contributed by atoms with E-state index in [1.807, 2.05) is 0 Å². The van der Waals surface area contributed by atoms with Crippen LogP contribution < -0.4 is 11.2 Å². The van der Waals surface area contributed by atoms with Crippen LogP contribution in [-0.2, 0) is 15.9 Å². The van der Waals surface area contributed by atoms with E-state index in [1.165, 1.54) is 5.56 Å². The molecule has 2 N–H and O–H groups in total. The Morgan fingerprint density at radius 1 is 1.16 bits per heavy atom. The third-order valence-electron chi connectivity index (χ3n) is 4.25. The maximum Gasteiger partial charge on any atom is 0.495 e. The van der Waals surface area contributed by atoms with Crippen LogP contribution in [0.1, 0.15) is 38.8 Å². The summed E-state index contributed by atoms with van der Waals surface area (Å²) in [7, 11) is -0.315. The standard InChI is InChI=1S/C14H21BINO2/c1-9-10(8-17)6-11(16)7-12(9)15-18-13(2,3)14(4,5)19-15/h6-7H,8,17H2,1-5H3. The Morgan fingerprint density at radius 2 is 1.68 bits per heavy atom. The summed E-state index contributed by atoms with van der Waals surface area (Å²) in [5.74, 6) is 0. The van der Waals surface area contributed by atoms with Gasteiger partial charge >= 0.3 is 7.12 Å². The van der Waals surface area contributed by atoms with E-state index < -0.39 is 0 Å². The van der Waals surface area contributed by atoms with Gasteiger partial charge < -0.3 is 15.0 Å². The Balaban J connectivity index is 2.42. The van der Waals surface area contributed by atoms with E-state index in [0.717, 1.165) is 14.6 Å². The Morgan fingerprint density at radius 3 is 2.16 bits per heavy atom. The predicted molar refractivity (Wildman–Crippen MR) is 87.5 cm³/mol. The highest BCUT2D eigenvalue weighted by molar-refractivity contribution is 14.1. The predicted octanol–water partition coefficient (Wildman–Crippen LogP) is 2.36. The molecule has 1 saturated heterocycles. The first-order valence-electron chi connectivity index (χ1n) is 6.52. The van der Waals surface area contributed by atoms with E-state index in [9.17, 15) is 0 Å². The summed E-state index contributed by atoms with van der Waals surface area (Å²) in [6.45, 7) is 10.9. The van der Waals surface area contributed by atoms with Crippen molar-refractivity contribution >= 4 is 35.2 Å². The fraction of sp³-hybridized carbons (Fsp3) is 0.571. The van der Waals surface area contributed by atoms with Gasteiger partial charge in [-0.1, -0.05) is 0 Å². The molecule has 104 valence electrons. The molecular weight excluding hydrogens is 352 g/mol. The molecule has 0 atom stereocenters. The maximum absolute atomic E-state index is 6.12. The number of nitrogens with two attached hydrogens (primary N) is 1. The van der Waals surface area contributed by atoms with Gasteiger partial charge in [0, 0.05) is 10.1 Å². The lowest BCUT2D eigenvalue weighted by atomic mass is 9.75. The molecule has 1 fully saturated rings. The lowest BCUT2D eigenvalue weighted by Crippen LogP contribution is -2.41. The van der Waals surface area contributed by atoms with Crippen molar-refractivity contribution in [2.45, 2.75) is 52.4 Å². The summed E-state index contributed by atoms with van der Waals surface area (Å²) in [5, 5.41) is 0. The van der Waals surface area contributed by atoms with Gasteiger partial charge in [0.15, 0.2) is 0 Å². The molecule has 0 aliphatic carbocycles. The van der Waals surface area contributed by atoms with Crippen LogP contribution >= 0.6 is 22.6 Å². The van der Waals surface area contributed by atoms with Gasteiger partial charge in [-0.2, -0.15) is 0 Å². The van der Waals surface area contributed by atoms with Crippen LogP contribution in [0, 0.1) is 10.5 Å². The molecule has 1 aromatic carbocycles. The van der Waals surface area contributed by atoms with Gasteiger partial charge in [-0.05, 0) is 85.9 Å². The largest absolute Gasteiger partial charge is 0.495 e. The zero-order valence-corrected chi connectivity index (χ0v) is 14.4. The molecule has 0 radical (unpaired) electrons. The van der Waals surface area contributed by atoms with Crippen LogP contribution in [0.25, 0.3) is 0 Å². The molecule has 3 nitrogen and oxygen atoms in total. The molecule has 0 saturated carbocycles. The molecular formula is C14H21BINO2. The van der Waals surface area contributed by atoms with E-state index in [1.54, 1.807) is 0 Å². The van der Waals surface area contributed by atoms with Crippen molar-refractivity contribution in [3.63, 3.8) is 0 Å². The van der Waals surface area contributed by atoms with E-state index in [4.69, 9.17) is 15.0 Å². The molecule has 0 bridgehead atoms. The first kappa shape index (κ1) is 15.3. The van der Waals surface area contributed by atoms with Crippen molar-refractivity contribution in [2.24, 2.45) is 5.73 Å². The van der Waals surface area contributed by atoms with E-state index >= 15 is 0 Å². The second kappa shape index (κ2) is 5.02. The summed E-state index contributed by atoms with van der Waals surface area (Å²) in [6.07, 6.45) is 0. The monoisotopic (exact) mass is 373 g/mol. The highest BCUT2D eigenvalue weighted by Crippen LogP contribution is 2.36. The second-order valence-corrected chi connectivity index (χ2v) is 7.32. The summed E-state index contributed by atoms with van der Waals surface area (Å²) in [5.41, 5.74) is 8.59. The Hall–Kier alpha value is -0.105. The quantitative estimate of drug-likeness (QED) is 0.640. The molecule has 2 rings (SSSR count). The molecule has 0 spiro atoms. The molecule has 0 amide bonds. The van der Waals surface area contributed by atoms with Gasteiger partial charge in [-0.25, -0.2) is 0 Å². The van der Waals surface area contributed by atoms with Crippen LogP contribution in [0.15, 0.2) is 12.1 Å². The number of hydrogen-bond acceptors (Lipinski definition) is 3. The molecule has 0 unspecified atom stereocenters. The summed E-state index contributed by atoms with van der Waals surface area (Å²) in [6, 6.07) is 4.24. The minimum Gasteiger partial charge on any atom is -0.399 e. The van der Waals surface area contributed by atoms with Crippen molar-refractivity contribution in [1.82, 2.24) is 0 Å². The minimum atomic E-state index is -0.315. The SMILES string of the molecule is Cc1c(CN)cc(I)cc1B1OC(C)(C)C(C)(C)O1. The Labute approximate surface area is 129 Å². The van der Waals surface area contributed by atoms with E-state index in [0.29, 0.717) is 6.54 Å². The first-order chi connectivity index (χ1) is 8.68. The van der Waals surface area contributed by atoms with Crippen LogP contribution in [0.5, 0.6) is 0 Å². The third kappa shape index (κ3) is 2.70. The highest BCUT2D eigenvalue weighted by atomic mass is 127. The van der Waals surface area contributed by atoms with Crippen LogP contribution in [0.3, 0.4) is 0 Å². The van der Waals surface area contributed by atoms with Gasteiger partial charge in [0.25, 0.3) is 0 Å². The Bertz CT molecular complexity index is 486. The maximum atomic E-state index is 6.12. The first-order valence-corrected chi connectivity index (χ1v) is 7.60. The lowest BCUT2D eigenvalue weighted by molar-refractivity contribution is 0.00578. The molecule has 0 aromatic heterocycles. The number of hydrogen-bond donors (Lipinski definition) is 1. The van der Waals surface area contributed by atoms with Crippen molar-refractivity contribution in [3.8, 4) is 0 Å². The van der Waals surface area contributed by atoms with Gasteiger partial charge in [-0.15, -0.1) is 0 Å². The molecule has 5 heteroatoms. The smallest absolute Gasteiger partial charge is 0.399 e. The topological polar surface area (TPSA) is 44.5 Å². The highest BCUT2D eigenvalue weighted by Gasteiger charge is 2.52. The van der Waals surface area contributed by atoms with Crippen LogP contribution in [0.2, 0.25) is 0 Å². The molecule has 1 aliphatic heterocycles. The third-order valence-corrected chi connectivity index (χ3v) is 4.87. The average Bonchev–Trinajstić information content (AvgIpc) is 2.50. The van der Waals surface area contributed by atoms with Crippen molar-refractivity contribution < 1.29 is 9.31 Å². The molecule has 1 aromatic rings. The average molecular weight is 373 g/mol. The number of benzene rings is 1. The second-order valence-electron chi connectivity index (χ2n) is 6.07. The number of rotatable bonds is 2. The summed E-state index contributed by atoms with van der Waals surface area (Å²) in [4.78, 5) is 0. The minimum absolute atomic E-state index is 0.311. The zero-order chi connectivity index (χ0) is 14.4. The van der Waals surface area contributed by atoms with Gasteiger partial charge in [0.1, 0.15) is 0 Å². The van der Waals surface area contributed by atoms with Crippen LogP contribution in [0.4, 0.5) is 0 Å². The van der Waals surface area contributed by atoms with Crippen molar-refractivity contribution in [3.05, 3.63) is 26.8 Å².